The second-order valence-electron chi connectivity index (χ2n) is 10.7. The summed E-state index contributed by atoms with van der Waals surface area (Å²) in [6.07, 6.45) is -2.01. The molecule has 40 heavy (non-hydrogen) atoms. The van der Waals surface area contributed by atoms with Gasteiger partial charge in [0.2, 0.25) is 5.91 Å². The first-order valence-electron chi connectivity index (χ1n) is 12.8. The number of rotatable bonds is 5. The average molecular weight is 580 g/mol. The highest BCUT2D eigenvalue weighted by molar-refractivity contribution is 8.01. The topological polar surface area (TPSA) is 187 Å². The Labute approximate surface area is 230 Å². The number of thioether (sulfide) groups is 1. The van der Waals surface area contributed by atoms with Crippen molar-refractivity contribution in [3.8, 4) is 0 Å². The Morgan fingerprint density at radius 3 is 2.42 bits per heavy atom. The van der Waals surface area contributed by atoms with Crippen LogP contribution in [0.5, 0.6) is 0 Å². The number of nitrogens with zero attached hydrogens (tertiary/aromatic N) is 3. The summed E-state index contributed by atoms with van der Waals surface area (Å²) in [4.78, 5) is 68.0. The molecule has 0 aromatic carbocycles. The van der Waals surface area contributed by atoms with Crippen molar-refractivity contribution in [2.45, 2.75) is 75.3 Å². The Morgan fingerprint density at radius 2 is 1.73 bits per heavy atom. The fraction of sp³-hybridized carbons (Fsp3) is 0.625. The van der Waals surface area contributed by atoms with Gasteiger partial charge in [0, 0.05) is 36.4 Å². The number of nitrogens with one attached hydrogen (secondary N) is 2. The Balaban J connectivity index is 1.33. The van der Waals surface area contributed by atoms with Gasteiger partial charge in [0.15, 0.2) is 18.2 Å². The number of ether oxygens (including phenoxy) is 4. The van der Waals surface area contributed by atoms with Gasteiger partial charge in [0.1, 0.15) is 18.4 Å². The molecule has 8 atom stereocenters. The molecule has 0 saturated carbocycles. The molecule has 16 heteroatoms. The second kappa shape index (κ2) is 9.81. The SMILES string of the molecule is Cc1cn([C@H]2C[C@H]([C@@H]3SCC(=O)N3[C@H]3O[C@@H](n4ccc(=O)[nH]c4=O)[C@@H]4OC(C)(C)O[C@@H]43)[C@@H](CO)O2)c(=O)[nH]c1=O. The number of hydrogen-bond donors (Lipinski definition) is 3. The van der Waals surface area contributed by atoms with E-state index in [4.69, 9.17) is 18.9 Å². The molecule has 4 aliphatic rings. The van der Waals surface area contributed by atoms with Gasteiger partial charge in [-0.3, -0.25) is 33.5 Å². The van der Waals surface area contributed by atoms with Gasteiger partial charge in [-0.25, -0.2) is 9.59 Å². The quantitative estimate of drug-likeness (QED) is 0.377. The molecule has 4 aliphatic heterocycles. The Kier molecular flexibility index (Phi) is 6.66. The van der Waals surface area contributed by atoms with Crippen molar-refractivity contribution in [2.75, 3.05) is 12.4 Å². The number of carbonyl (C=O) groups excluding carboxylic acids is 1. The highest BCUT2D eigenvalue weighted by atomic mass is 32.2. The zero-order valence-corrected chi connectivity index (χ0v) is 22.7. The number of aliphatic hydroxyl groups excluding tert-OH is 1. The van der Waals surface area contributed by atoms with E-state index in [9.17, 15) is 29.1 Å². The summed E-state index contributed by atoms with van der Waals surface area (Å²) in [5.74, 6) is -1.56. The van der Waals surface area contributed by atoms with Gasteiger partial charge in [-0.2, -0.15) is 0 Å². The molecule has 2 aromatic rings. The van der Waals surface area contributed by atoms with E-state index in [1.807, 2.05) is 0 Å². The van der Waals surface area contributed by atoms with Crippen LogP contribution in [-0.4, -0.2) is 83.1 Å². The van der Waals surface area contributed by atoms with Crippen LogP contribution in [0.1, 0.15) is 38.3 Å². The number of H-pyrrole nitrogens is 2. The highest BCUT2D eigenvalue weighted by Gasteiger charge is 2.61. The average Bonchev–Trinajstić information content (AvgIpc) is 3.63. The van der Waals surface area contributed by atoms with E-state index in [-0.39, 0.29) is 24.7 Å². The minimum absolute atomic E-state index is 0.131. The van der Waals surface area contributed by atoms with Crippen LogP contribution in [0.15, 0.2) is 37.6 Å². The van der Waals surface area contributed by atoms with Crippen LogP contribution < -0.4 is 22.5 Å². The molecule has 4 saturated heterocycles. The fourth-order valence-corrected chi connectivity index (χ4v) is 7.30. The molecular formula is C24H29N5O10S. The van der Waals surface area contributed by atoms with Crippen molar-refractivity contribution < 1.29 is 28.8 Å². The number of aryl methyl sites for hydroxylation is 1. The van der Waals surface area contributed by atoms with Crippen LogP contribution in [0.2, 0.25) is 0 Å². The molecule has 3 N–H and O–H groups in total. The van der Waals surface area contributed by atoms with Gasteiger partial charge in [-0.05, 0) is 20.8 Å². The zero-order valence-electron chi connectivity index (χ0n) is 21.8. The summed E-state index contributed by atoms with van der Waals surface area (Å²) < 4.78 is 27.1. The first-order chi connectivity index (χ1) is 19.0. The third kappa shape index (κ3) is 4.48. The lowest BCUT2D eigenvalue weighted by Crippen LogP contribution is -2.51. The first kappa shape index (κ1) is 27.2. The van der Waals surface area contributed by atoms with E-state index in [0.717, 1.165) is 0 Å². The highest BCUT2D eigenvalue weighted by Crippen LogP contribution is 2.49. The number of hydrogen-bond acceptors (Lipinski definition) is 11. The molecule has 216 valence electrons. The van der Waals surface area contributed by atoms with E-state index in [2.05, 4.69) is 9.97 Å². The number of fused-ring (bicyclic) bond motifs is 1. The van der Waals surface area contributed by atoms with Crippen molar-refractivity contribution >= 4 is 17.7 Å². The van der Waals surface area contributed by atoms with Crippen molar-refractivity contribution in [1.29, 1.82) is 0 Å². The molecule has 0 spiro atoms. The molecule has 15 nitrogen and oxygen atoms in total. The number of aliphatic hydroxyl groups is 1. The lowest BCUT2D eigenvalue weighted by atomic mass is 9.99. The van der Waals surface area contributed by atoms with Crippen LogP contribution >= 0.6 is 11.8 Å². The van der Waals surface area contributed by atoms with Crippen LogP contribution in [0, 0.1) is 12.8 Å². The predicted octanol–water partition coefficient (Wildman–Crippen LogP) is -1.43. The standard InChI is InChI=1S/C24H29N5O10S/c1-10-7-28(23(35)26-18(10)33)15-6-11(12(8-30)36-15)21-29(14(32)9-40-21)20-17-16(38-24(2,3)39-17)19(37-20)27-5-4-13(31)25-22(27)34/h4-5,7,11-12,15-17,19-21,30H,6,8-9H2,1-3H3,(H,25,31,34)(H,26,33,35)/t11-,12+,15+,16+,17-,19+,20-,21-/m0/s1. The van der Waals surface area contributed by atoms with Gasteiger partial charge in [-0.15, -0.1) is 11.8 Å². The van der Waals surface area contributed by atoms with Gasteiger partial charge < -0.3 is 29.0 Å². The summed E-state index contributed by atoms with van der Waals surface area (Å²) >= 11 is 1.35. The maximum absolute atomic E-state index is 13.3. The van der Waals surface area contributed by atoms with Crippen LogP contribution in [0.3, 0.4) is 0 Å². The Morgan fingerprint density at radius 1 is 1.02 bits per heavy atom. The van der Waals surface area contributed by atoms with Crippen LogP contribution in [-0.2, 0) is 23.7 Å². The first-order valence-corrected chi connectivity index (χ1v) is 13.9. The molecular weight excluding hydrogens is 550 g/mol. The fourth-order valence-electron chi connectivity index (χ4n) is 5.90. The summed E-state index contributed by atoms with van der Waals surface area (Å²) in [6, 6.07) is 1.19. The monoisotopic (exact) mass is 579 g/mol. The molecule has 6 rings (SSSR count). The van der Waals surface area contributed by atoms with Crippen molar-refractivity contribution in [3.05, 3.63) is 65.7 Å². The molecule has 6 heterocycles. The molecule has 0 bridgehead atoms. The summed E-state index contributed by atoms with van der Waals surface area (Å²) in [5.41, 5.74) is -2.07. The van der Waals surface area contributed by atoms with Gasteiger partial charge >= 0.3 is 11.4 Å². The van der Waals surface area contributed by atoms with E-state index in [1.165, 1.54) is 39.4 Å². The Hall–Kier alpha value is -3.02. The van der Waals surface area contributed by atoms with Crippen LogP contribution in [0.4, 0.5) is 0 Å². The molecule has 0 unspecified atom stereocenters. The van der Waals surface area contributed by atoms with E-state index in [0.29, 0.717) is 5.56 Å². The van der Waals surface area contributed by atoms with E-state index in [1.54, 1.807) is 25.7 Å². The third-order valence-electron chi connectivity index (χ3n) is 7.63. The Bertz CT molecular complexity index is 1560. The molecule has 1 amide bonds. The van der Waals surface area contributed by atoms with Gasteiger partial charge in [0.05, 0.1) is 23.8 Å². The lowest BCUT2D eigenvalue weighted by Gasteiger charge is -2.36. The smallest absolute Gasteiger partial charge is 0.330 e. The molecule has 2 aromatic heterocycles. The normalized spacial score (nSPS) is 35.0. The largest absolute Gasteiger partial charge is 0.394 e. The van der Waals surface area contributed by atoms with Crippen molar-refractivity contribution in [1.82, 2.24) is 24.0 Å². The van der Waals surface area contributed by atoms with E-state index >= 15 is 0 Å². The number of aromatic nitrogens is 4. The van der Waals surface area contributed by atoms with Crippen molar-refractivity contribution in [2.24, 2.45) is 5.92 Å². The molecule has 0 radical (unpaired) electrons. The summed E-state index contributed by atoms with van der Waals surface area (Å²) in [6.45, 7) is 4.64. The maximum Gasteiger partial charge on any atom is 0.330 e. The lowest BCUT2D eigenvalue weighted by molar-refractivity contribution is -0.219. The minimum Gasteiger partial charge on any atom is -0.394 e. The predicted molar refractivity (Wildman–Crippen MR) is 137 cm³/mol. The number of amides is 1. The summed E-state index contributed by atoms with van der Waals surface area (Å²) in [7, 11) is 0. The summed E-state index contributed by atoms with van der Waals surface area (Å²) in [5, 5.41) is 9.65. The third-order valence-corrected chi connectivity index (χ3v) is 8.96. The van der Waals surface area contributed by atoms with Crippen molar-refractivity contribution in [3.63, 3.8) is 0 Å². The van der Waals surface area contributed by atoms with Gasteiger partial charge in [-0.1, -0.05) is 0 Å². The van der Waals surface area contributed by atoms with Crippen LogP contribution in [0.25, 0.3) is 0 Å². The molecule has 4 fully saturated rings. The molecule has 0 aliphatic carbocycles. The minimum atomic E-state index is -1.04. The number of aromatic amines is 2. The second-order valence-corrected chi connectivity index (χ2v) is 11.8. The zero-order chi connectivity index (χ0) is 28.5. The number of carbonyl (C=O) groups is 1. The van der Waals surface area contributed by atoms with Gasteiger partial charge in [0.25, 0.3) is 11.1 Å². The van der Waals surface area contributed by atoms with E-state index < -0.39 is 76.6 Å². The maximum atomic E-state index is 13.3.